The smallest absolute Gasteiger partial charge is 0.308 e. The first kappa shape index (κ1) is 14.6. The number of hydrogen-bond acceptors (Lipinski definition) is 1. The van der Waals surface area contributed by atoms with Crippen molar-refractivity contribution in [1.29, 1.82) is 0 Å². The fraction of sp³-hybridized carbons (Fsp3) is 0.538. The number of halogens is 5. The van der Waals surface area contributed by atoms with Crippen LogP contribution in [0.3, 0.4) is 0 Å². The van der Waals surface area contributed by atoms with Crippen LogP contribution in [0.1, 0.15) is 24.3 Å². The zero-order valence-electron chi connectivity index (χ0n) is 10.1. The highest BCUT2D eigenvalue weighted by atomic mass is 35.5. The molecule has 2 rings (SSSR count). The molecule has 0 bridgehead atoms. The summed E-state index contributed by atoms with van der Waals surface area (Å²) in [6, 6.07) is 7.25. The number of hydrogen-bond donors (Lipinski definition) is 1. The monoisotopic (exact) mass is 295 g/mol. The molecule has 0 heterocycles. The molecule has 1 nitrogen and oxygen atoms in total. The highest BCUT2D eigenvalue weighted by Crippen LogP contribution is 2.38. The van der Waals surface area contributed by atoms with Crippen molar-refractivity contribution < 1.29 is 17.6 Å². The second kappa shape index (κ2) is 5.67. The fourth-order valence-corrected chi connectivity index (χ4v) is 2.37. The largest absolute Gasteiger partial charge is 0.319 e. The molecule has 0 amide bonds. The van der Waals surface area contributed by atoms with Gasteiger partial charge >= 0.3 is 12.3 Å². The normalized spacial score (nSPS) is 23.5. The first-order valence-corrected chi connectivity index (χ1v) is 6.41. The molecule has 0 radical (unpaired) electrons. The third-order valence-corrected chi connectivity index (χ3v) is 3.64. The molecule has 106 valence electrons. The Bertz CT molecular complexity index is 432. The van der Waals surface area contributed by atoms with Crippen molar-refractivity contribution in [3.8, 4) is 0 Å². The van der Waals surface area contributed by atoms with Gasteiger partial charge < -0.3 is 5.32 Å². The number of nitrogens with one attached hydrogen (secondary N) is 1. The second-order valence-electron chi connectivity index (χ2n) is 4.86. The highest BCUT2D eigenvalue weighted by molar-refractivity contribution is 6.30. The van der Waals surface area contributed by atoms with E-state index in [0.717, 1.165) is 5.56 Å². The molecule has 0 saturated heterocycles. The van der Waals surface area contributed by atoms with Gasteiger partial charge in [0.25, 0.3) is 0 Å². The van der Waals surface area contributed by atoms with Crippen LogP contribution in [-0.4, -0.2) is 24.9 Å². The van der Waals surface area contributed by atoms with Crippen LogP contribution in [0.5, 0.6) is 0 Å². The zero-order chi connectivity index (χ0) is 14.0. The van der Waals surface area contributed by atoms with E-state index in [2.05, 4.69) is 5.32 Å². The number of benzene rings is 1. The maximum Gasteiger partial charge on any atom is 0.319 e. The van der Waals surface area contributed by atoms with E-state index < -0.39 is 18.9 Å². The minimum atomic E-state index is -3.96. The molecule has 0 aromatic heterocycles. The molecule has 0 atom stereocenters. The number of rotatable bonds is 5. The van der Waals surface area contributed by atoms with Crippen LogP contribution in [0.4, 0.5) is 17.6 Å². The van der Waals surface area contributed by atoms with Crippen molar-refractivity contribution >= 4 is 11.6 Å². The van der Waals surface area contributed by atoms with E-state index in [1.54, 1.807) is 6.07 Å². The third-order valence-electron chi connectivity index (χ3n) is 3.40. The van der Waals surface area contributed by atoms with Gasteiger partial charge in [0.2, 0.25) is 0 Å². The molecule has 0 aliphatic heterocycles. The third kappa shape index (κ3) is 3.60. The summed E-state index contributed by atoms with van der Waals surface area (Å²) in [4.78, 5) is 0. The molecule has 1 aromatic carbocycles. The molecule has 1 aromatic rings. The highest BCUT2D eigenvalue weighted by Gasteiger charge is 2.42. The van der Waals surface area contributed by atoms with Crippen LogP contribution in [0.2, 0.25) is 5.02 Å². The van der Waals surface area contributed by atoms with Crippen molar-refractivity contribution in [3.05, 3.63) is 34.9 Å². The molecule has 0 unspecified atom stereocenters. The predicted octanol–water partition coefficient (Wildman–Crippen LogP) is 4.08. The molecule has 6 heteroatoms. The predicted molar refractivity (Wildman–Crippen MR) is 66.2 cm³/mol. The van der Waals surface area contributed by atoms with Gasteiger partial charge in [-0.1, -0.05) is 23.7 Å². The Labute approximate surface area is 113 Å². The summed E-state index contributed by atoms with van der Waals surface area (Å²) in [5, 5.41) is 3.13. The Kier molecular flexibility index (Phi) is 4.36. The summed E-state index contributed by atoms with van der Waals surface area (Å²) in [5.74, 6) is -3.70. The summed E-state index contributed by atoms with van der Waals surface area (Å²) < 4.78 is 49.4. The van der Waals surface area contributed by atoms with Gasteiger partial charge in [0.15, 0.2) is 0 Å². The quantitative estimate of drug-likeness (QED) is 0.807. The summed E-state index contributed by atoms with van der Waals surface area (Å²) in [5.41, 5.74) is 1.06. The first-order valence-electron chi connectivity index (χ1n) is 6.03. The zero-order valence-corrected chi connectivity index (χ0v) is 10.8. The van der Waals surface area contributed by atoms with Crippen LogP contribution in [0.25, 0.3) is 0 Å². The molecule has 1 saturated carbocycles. The summed E-state index contributed by atoms with van der Waals surface area (Å²) in [6.45, 7) is -0.975. The van der Waals surface area contributed by atoms with Gasteiger partial charge in [0.05, 0.1) is 6.54 Å². The summed E-state index contributed by atoms with van der Waals surface area (Å²) in [7, 11) is 0. The lowest BCUT2D eigenvalue weighted by Crippen LogP contribution is -2.47. The Balaban J connectivity index is 1.78. The van der Waals surface area contributed by atoms with Crippen molar-refractivity contribution in [2.24, 2.45) is 0 Å². The molecular weight excluding hydrogens is 282 g/mol. The van der Waals surface area contributed by atoms with Gasteiger partial charge in [-0.2, -0.15) is 8.78 Å². The van der Waals surface area contributed by atoms with Crippen LogP contribution >= 0.6 is 11.6 Å². The Morgan fingerprint density at radius 3 is 2.58 bits per heavy atom. The summed E-state index contributed by atoms with van der Waals surface area (Å²) >= 11 is 5.86. The van der Waals surface area contributed by atoms with E-state index in [9.17, 15) is 17.6 Å². The minimum Gasteiger partial charge on any atom is -0.308 e. The van der Waals surface area contributed by atoms with Crippen molar-refractivity contribution in [2.75, 3.05) is 6.54 Å². The molecule has 1 aliphatic rings. The lowest BCUT2D eigenvalue weighted by atomic mass is 9.76. The van der Waals surface area contributed by atoms with E-state index >= 15 is 0 Å². The first-order chi connectivity index (χ1) is 8.88. The maximum absolute atomic E-state index is 12.7. The minimum absolute atomic E-state index is 0.131. The van der Waals surface area contributed by atoms with Crippen molar-refractivity contribution in [2.45, 2.75) is 37.1 Å². The van der Waals surface area contributed by atoms with Gasteiger partial charge in [0, 0.05) is 11.1 Å². The maximum atomic E-state index is 12.7. The van der Waals surface area contributed by atoms with E-state index in [1.165, 1.54) is 0 Å². The van der Waals surface area contributed by atoms with E-state index in [-0.39, 0.29) is 12.0 Å². The van der Waals surface area contributed by atoms with Crippen molar-refractivity contribution in [3.63, 3.8) is 0 Å². The van der Waals surface area contributed by atoms with E-state index in [0.29, 0.717) is 17.9 Å². The SMILES string of the molecule is FC(F)C(F)(F)CNC1CC(c2cccc(Cl)c2)C1. The second-order valence-corrected chi connectivity index (χ2v) is 5.30. The molecule has 1 aliphatic carbocycles. The molecule has 19 heavy (non-hydrogen) atoms. The van der Waals surface area contributed by atoms with Crippen LogP contribution in [-0.2, 0) is 0 Å². The standard InChI is InChI=1S/C13H14ClF4N/c14-10-3-1-2-8(4-10)9-5-11(6-9)19-7-13(17,18)12(15)16/h1-4,9,11-12,19H,5-7H2. The Hall–Kier alpha value is -0.810. The average Bonchev–Trinajstić information content (AvgIpc) is 2.26. The van der Waals surface area contributed by atoms with E-state index in [1.807, 2.05) is 18.2 Å². The molecule has 0 spiro atoms. The Morgan fingerprint density at radius 2 is 2.00 bits per heavy atom. The van der Waals surface area contributed by atoms with Gasteiger partial charge in [-0.25, -0.2) is 8.78 Å². The lowest BCUT2D eigenvalue weighted by molar-refractivity contribution is -0.127. The summed E-state index contributed by atoms with van der Waals surface area (Å²) in [6.07, 6.45) is -2.29. The lowest BCUT2D eigenvalue weighted by Gasteiger charge is -2.37. The van der Waals surface area contributed by atoms with Gasteiger partial charge in [-0.3, -0.25) is 0 Å². The van der Waals surface area contributed by atoms with Gasteiger partial charge in [0.1, 0.15) is 0 Å². The molecule has 1 fully saturated rings. The van der Waals surface area contributed by atoms with Gasteiger partial charge in [-0.15, -0.1) is 0 Å². The number of alkyl halides is 4. The molecule has 1 N–H and O–H groups in total. The van der Waals surface area contributed by atoms with E-state index in [4.69, 9.17) is 11.6 Å². The van der Waals surface area contributed by atoms with Crippen LogP contribution in [0, 0.1) is 0 Å². The van der Waals surface area contributed by atoms with Gasteiger partial charge in [-0.05, 0) is 36.5 Å². The van der Waals surface area contributed by atoms with Crippen LogP contribution < -0.4 is 5.32 Å². The topological polar surface area (TPSA) is 12.0 Å². The molecular formula is C13H14ClF4N. The Morgan fingerprint density at radius 1 is 1.32 bits per heavy atom. The fourth-order valence-electron chi connectivity index (χ4n) is 2.17. The van der Waals surface area contributed by atoms with Crippen LogP contribution in [0.15, 0.2) is 24.3 Å². The van der Waals surface area contributed by atoms with Crippen molar-refractivity contribution in [1.82, 2.24) is 5.32 Å². The average molecular weight is 296 g/mol.